The van der Waals surface area contributed by atoms with Gasteiger partial charge in [-0.1, -0.05) is 20.4 Å². The Morgan fingerprint density at radius 2 is 2.00 bits per heavy atom. The van der Waals surface area contributed by atoms with Gasteiger partial charge in [0.15, 0.2) is 5.78 Å². The molecule has 0 radical (unpaired) electrons. The van der Waals surface area contributed by atoms with Gasteiger partial charge < -0.3 is 0 Å². The predicted molar refractivity (Wildman–Crippen MR) is 62.8 cm³/mol. The molecule has 0 aliphatic heterocycles. The van der Waals surface area contributed by atoms with Crippen LogP contribution in [-0.4, -0.2) is 26.2 Å². The van der Waals surface area contributed by atoms with E-state index in [1.54, 1.807) is 0 Å². The Kier molecular flexibility index (Phi) is 2.20. The molecule has 16 heavy (non-hydrogen) atoms. The molecular weight excluding hydrogens is 224 g/mol. The quantitative estimate of drug-likeness (QED) is 0.691. The van der Waals surface area contributed by atoms with E-state index in [2.05, 4.69) is 6.58 Å². The van der Waals surface area contributed by atoms with Crippen molar-refractivity contribution in [3.8, 4) is 0 Å². The highest BCUT2D eigenvalue weighted by Crippen LogP contribution is 2.65. The number of carbonyl (C=O) groups is 1. The molecule has 0 N–H and O–H groups in total. The van der Waals surface area contributed by atoms with Crippen LogP contribution >= 0.6 is 0 Å². The number of allylic oxidation sites excluding steroid dienone is 1. The van der Waals surface area contributed by atoms with Gasteiger partial charge >= 0.3 is 0 Å². The fourth-order valence-electron chi connectivity index (χ4n) is 3.66. The Bertz CT molecular complexity index is 472. The second-order valence-corrected chi connectivity index (χ2v) is 7.96. The molecule has 2 bridgehead atoms. The lowest BCUT2D eigenvalue weighted by molar-refractivity contribution is -0.125. The predicted octanol–water partition coefficient (Wildman–Crippen LogP) is 1.59. The summed E-state index contributed by atoms with van der Waals surface area (Å²) in [4.78, 5) is 12.2. The van der Waals surface area contributed by atoms with Crippen molar-refractivity contribution in [2.24, 2.45) is 16.7 Å². The molecule has 0 heterocycles. The lowest BCUT2D eigenvalue weighted by Crippen LogP contribution is -2.42. The number of fused-ring (bicyclic) bond motifs is 2. The van der Waals surface area contributed by atoms with Crippen LogP contribution in [0, 0.1) is 16.7 Å². The summed E-state index contributed by atoms with van der Waals surface area (Å²) in [7, 11) is -3.14. The normalized spacial score (nSPS) is 37.1. The molecule has 2 rings (SSSR count). The SMILES string of the molecule is C=C1C(=O)C2(CS(C)(=O)=O)CCC1C2(C)C. The third-order valence-electron chi connectivity index (χ3n) is 4.62. The van der Waals surface area contributed by atoms with Gasteiger partial charge in [-0.3, -0.25) is 4.79 Å². The van der Waals surface area contributed by atoms with Crippen molar-refractivity contribution in [2.75, 3.05) is 12.0 Å². The van der Waals surface area contributed by atoms with E-state index in [0.29, 0.717) is 12.0 Å². The molecule has 2 fully saturated rings. The molecule has 0 saturated heterocycles. The topological polar surface area (TPSA) is 51.2 Å². The van der Waals surface area contributed by atoms with E-state index in [9.17, 15) is 13.2 Å². The van der Waals surface area contributed by atoms with E-state index < -0.39 is 15.3 Å². The first-order chi connectivity index (χ1) is 7.12. The van der Waals surface area contributed by atoms with E-state index >= 15 is 0 Å². The number of carbonyl (C=O) groups excluding carboxylic acids is 1. The molecule has 2 saturated carbocycles. The first kappa shape index (κ1) is 11.8. The molecule has 0 aromatic carbocycles. The van der Waals surface area contributed by atoms with Crippen LogP contribution < -0.4 is 0 Å². The molecule has 90 valence electrons. The first-order valence-electron chi connectivity index (χ1n) is 5.53. The first-order valence-corrected chi connectivity index (χ1v) is 7.59. The maximum Gasteiger partial charge on any atom is 0.166 e. The number of Topliss-reactive ketones (excluding diaryl/α,β-unsaturated/α-hetero) is 1. The van der Waals surface area contributed by atoms with Crippen LogP contribution in [0.4, 0.5) is 0 Å². The molecule has 4 heteroatoms. The van der Waals surface area contributed by atoms with Crippen LogP contribution in [-0.2, 0) is 14.6 Å². The van der Waals surface area contributed by atoms with Gasteiger partial charge in [-0.25, -0.2) is 8.42 Å². The summed E-state index contributed by atoms with van der Waals surface area (Å²) in [5, 5.41) is 0. The summed E-state index contributed by atoms with van der Waals surface area (Å²) in [6.45, 7) is 7.86. The second-order valence-electron chi connectivity index (χ2n) is 5.82. The van der Waals surface area contributed by atoms with E-state index in [0.717, 1.165) is 6.42 Å². The van der Waals surface area contributed by atoms with Gasteiger partial charge in [-0.2, -0.15) is 0 Å². The smallest absolute Gasteiger partial charge is 0.166 e. The van der Waals surface area contributed by atoms with Crippen molar-refractivity contribution in [3.05, 3.63) is 12.2 Å². The lowest BCUT2D eigenvalue weighted by Gasteiger charge is -2.35. The van der Waals surface area contributed by atoms with Crippen LogP contribution in [0.15, 0.2) is 12.2 Å². The zero-order valence-electron chi connectivity index (χ0n) is 10.0. The van der Waals surface area contributed by atoms with E-state index in [4.69, 9.17) is 0 Å². The van der Waals surface area contributed by atoms with Gasteiger partial charge in [-0.05, 0) is 29.7 Å². The second kappa shape index (κ2) is 2.97. The molecule has 3 nitrogen and oxygen atoms in total. The minimum atomic E-state index is -3.14. The van der Waals surface area contributed by atoms with Gasteiger partial charge in [0.25, 0.3) is 0 Å². The van der Waals surface area contributed by atoms with Crippen molar-refractivity contribution < 1.29 is 13.2 Å². The van der Waals surface area contributed by atoms with Crippen LogP contribution in [0.3, 0.4) is 0 Å². The highest BCUT2D eigenvalue weighted by molar-refractivity contribution is 7.90. The van der Waals surface area contributed by atoms with E-state index in [-0.39, 0.29) is 22.9 Å². The number of hydrogen-bond donors (Lipinski definition) is 0. The van der Waals surface area contributed by atoms with Gasteiger partial charge in [-0.15, -0.1) is 0 Å². The Balaban J connectivity index is 2.54. The molecule has 0 aromatic rings. The highest BCUT2D eigenvalue weighted by atomic mass is 32.2. The van der Waals surface area contributed by atoms with Crippen LogP contribution in [0.5, 0.6) is 0 Å². The number of hydrogen-bond acceptors (Lipinski definition) is 3. The molecule has 0 spiro atoms. The van der Waals surface area contributed by atoms with Gasteiger partial charge in [0, 0.05) is 6.26 Å². The summed E-state index contributed by atoms with van der Waals surface area (Å²) >= 11 is 0. The molecule has 0 aromatic heterocycles. The van der Waals surface area contributed by atoms with Gasteiger partial charge in [0.2, 0.25) is 0 Å². The third kappa shape index (κ3) is 1.25. The van der Waals surface area contributed by atoms with Crippen LogP contribution in [0.25, 0.3) is 0 Å². The van der Waals surface area contributed by atoms with Crippen LogP contribution in [0.2, 0.25) is 0 Å². The molecule has 2 unspecified atom stereocenters. The number of sulfone groups is 1. The zero-order valence-corrected chi connectivity index (χ0v) is 10.9. The van der Waals surface area contributed by atoms with Crippen LogP contribution in [0.1, 0.15) is 26.7 Å². The van der Waals surface area contributed by atoms with Crippen molar-refractivity contribution in [2.45, 2.75) is 26.7 Å². The molecule has 2 atom stereocenters. The summed E-state index contributed by atoms with van der Waals surface area (Å²) in [6.07, 6.45) is 2.79. The van der Waals surface area contributed by atoms with Crippen molar-refractivity contribution in [1.82, 2.24) is 0 Å². The fourth-order valence-corrected chi connectivity index (χ4v) is 5.20. The highest BCUT2D eigenvalue weighted by Gasteiger charge is 2.66. The van der Waals surface area contributed by atoms with Crippen molar-refractivity contribution in [3.63, 3.8) is 0 Å². The Morgan fingerprint density at radius 3 is 2.38 bits per heavy atom. The number of rotatable bonds is 2. The maximum atomic E-state index is 12.2. The summed E-state index contributed by atoms with van der Waals surface area (Å²) in [5.41, 5.74) is -0.327. The van der Waals surface area contributed by atoms with E-state index in [1.807, 2.05) is 13.8 Å². The summed E-state index contributed by atoms with van der Waals surface area (Å²) in [6, 6.07) is 0. The summed E-state index contributed by atoms with van der Waals surface area (Å²) in [5.74, 6) is 0.127. The standard InChI is InChI=1S/C12H18O3S/c1-8-9-5-6-12(10(8)13,11(9,2)3)7-16(4,14)15/h9H,1,5-7H2,2-4H3. The van der Waals surface area contributed by atoms with Crippen molar-refractivity contribution >= 4 is 15.6 Å². The Labute approximate surface area is 96.8 Å². The van der Waals surface area contributed by atoms with Gasteiger partial charge in [0.05, 0.1) is 11.2 Å². The Morgan fingerprint density at radius 1 is 1.44 bits per heavy atom. The average Bonchev–Trinajstić information content (AvgIpc) is 2.39. The molecule has 0 amide bonds. The molecule has 2 aliphatic carbocycles. The minimum Gasteiger partial charge on any atom is -0.294 e. The lowest BCUT2D eigenvalue weighted by atomic mass is 9.70. The van der Waals surface area contributed by atoms with Crippen molar-refractivity contribution in [1.29, 1.82) is 0 Å². The Hall–Kier alpha value is -0.640. The number of ketones is 1. The summed E-state index contributed by atoms with van der Waals surface area (Å²) < 4.78 is 23.1. The monoisotopic (exact) mass is 242 g/mol. The zero-order chi connectivity index (χ0) is 12.4. The third-order valence-corrected chi connectivity index (χ3v) is 5.64. The molecule has 2 aliphatic rings. The maximum absolute atomic E-state index is 12.2. The molecular formula is C12H18O3S. The van der Waals surface area contributed by atoms with E-state index in [1.165, 1.54) is 6.26 Å². The van der Waals surface area contributed by atoms with Gasteiger partial charge in [0.1, 0.15) is 9.84 Å². The average molecular weight is 242 g/mol. The largest absolute Gasteiger partial charge is 0.294 e. The fraction of sp³-hybridized carbons (Fsp3) is 0.750. The minimum absolute atomic E-state index is 0.0147.